The van der Waals surface area contributed by atoms with Gasteiger partial charge in [-0.2, -0.15) is 5.10 Å². The quantitative estimate of drug-likeness (QED) is 0.800. The van der Waals surface area contributed by atoms with E-state index in [1.165, 1.54) is 0 Å². The fourth-order valence-corrected chi connectivity index (χ4v) is 2.72. The third-order valence-corrected chi connectivity index (χ3v) is 4.16. The minimum absolute atomic E-state index is 0.113. The van der Waals surface area contributed by atoms with Crippen LogP contribution in [-0.4, -0.2) is 20.8 Å². The van der Waals surface area contributed by atoms with Crippen molar-refractivity contribution in [1.29, 1.82) is 0 Å². The minimum Gasteiger partial charge on any atom is -0.354 e. The molecule has 1 amide bonds. The van der Waals surface area contributed by atoms with E-state index < -0.39 is 0 Å². The monoisotopic (exact) mass is 324 g/mol. The van der Waals surface area contributed by atoms with Crippen molar-refractivity contribution in [2.24, 2.45) is 7.05 Å². The maximum Gasteiger partial charge on any atom is 0.229 e. The fourth-order valence-electron chi connectivity index (χ4n) is 2.72. The van der Waals surface area contributed by atoms with Gasteiger partial charge in [0.25, 0.3) is 0 Å². The van der Waals surface area contributed by atoms with E-state index in [0.717, 1.165) is 22.5 Å². The van der Waals surface area contributed by atoms with Crippen molar-refractivity contribution in [3.05, 3.63) is 53.0 Å². The van der Waals surface area contributed by atoms with Crippen LogP contribution in [0.15, 0.2) is 34.9 Å². The number of carbonyl (C=O) groups is 1. The predicted octanol–water partition coefficient (Wildman–Crippen LogP) is 3.18. The van der Waals surface area contributed by atoms with Gasteiger partial charge in [0.05, 0.1) is 12.1 Å². The van der Waals surface area contributed by atoms with Crippen molar-refractivity contribution in [3.8, 4) is 11.3 Å². The number of carbonyl (C=O) groups excluding carboxylic acids is 1. The Hall–Kier alpha value is -2.89. The van der Waals surface area contributed by atoms with Crippen molar-refractivity contribution in [2.45, 2.75) is 27.2 Å². The van der Waals surface area contributed by atoms with Crippen LogP contribution in [0.4, 0.5) is 5.69 Å². The maximum atomic E-state index is 12.5. The number of anilines is 1. The van der Waals surface area contributed by atoms with Crippen LogP contribution in [0.5, 0.6) is 0 Å². The van der Waals surface area contributed by atoms with Gasteiger partial charge >= 0.3 is 0 Å². The van der Waals surface area contributed by atoms with Gasteiger partial charge in [0.15, 0.2) is 5.76 Å². The van der Waals surface area contributed by atoms with Gasteiger partial charge in [-0.05, 0) is 20.8 Å². The van der Waals surface area contributed by atoms with Gasteiger partial charge in [0, 0.05) is 23.9 Å². The molecule has 3 rings (SSSR count). The van der Waals surface area contributed by atoms with Crippen LogP contribution >= 0.6 is 0 Å². The first-order valence-corrected chi connectivity index (χ1v) is 7.78. The predicted molar refractivity (Wildman–Crippen MR) is 91.7 cm³/mol. The second-order valence-corrected chi connectivity index (χ2v) is 5.84. The molecule has 2 heterocycles. The van der Waals surface area contributed by atoms with Crippen LogP contribution in [0.25, 0.3) is 11.3 Å². The number of benzene rings is 1. The highest BCUT2D eigenvalue weighted by Crippen LogP contribution is 2.30. The smallest absolute Gasteiger partial charge is 0.229 e. The summed E-state index contributed by atoms with van der Waals surface area (Å²) in [4.78, 5) is 12.5. The van der Waals surface area contributed by atoms with Crippen LogP contribution in [0, 0.1) is 20.8 Å². The normalized spacial score (nSPS) is 10.8. The Bertz CT molecular complexity index is 878. The number of nitrogens with zero attached hydrogens (tertiary/aromatic N) is 3. The molecule has 0 fully saturated rings. The molecule has 3 aromatic rings. The molecule has 0 unspecified atom stereocenters. The number of nitrogens with one attached hydrogen (secondary N) is 1. The maximum absolute atomic E-state index is 12.5. The zero-order chi connectivity index (χ0) is 17.3. The van der Waals surface area contributed by atoms with E-state index in [4.69, 9.17) is 4.52 Å². The summed E-state index contributed by atoms with van der Waals surface area (Å²) in [5, 5.41) is 11.3. The molecule has 1 aromatic carbocycles. The minimum atomic E-state index is -0.113. The largest absolute Gasteiger partial charge is 0.354 e. The Kier molecular flexibility index (Phi) is 4.20. The summed E-state index contributed by atoms with van der Waals surface area (Å²) in [7, 11) is 1.88. The standard InChI is InChI=1S/C18H20N4O2/c1-11-15(13(3)22(4)20-11)10-16(23)19-17-12(2)21-24-18(17)14-8-6-5-7-9-14/h5-9H,10H2,1-4H3,(H,19,23). The molecule has 2 aromatic heterocycles. The summed E-state index contributed by atoms with van der Waals surface area (Å²) in [5.41, 5.74) is 4.96. The molecule has 6 nitrogen and oxygen atoms in total. The van der Waals surface area contributed by atoms with E-state index in [9.17, 15) is 4.79 Å². The third-order valence-electron chi connectivity index (χ3n) is 4.16. The van der Waals surface area contributed by atoms with Crippen LogP contribution < -0.4 is 5.32 Å². The second kappa shape index (κ2) is 6.31. The number of aromatic nitrogens is 3. The molecule has 124 valence electrons. The van der Waals surface area contributed by atoms with Crippen molar-refractivity contribution < 1.29 is 9.32 Å². The van der Waals surface area contributed by atoms with Gasteiger partial charge < -0.3 is 9.84 Å². The first-order valence-electron chi connectivity index (χ1n) is 7.78. The average Bonchev–Trinajstić information content (AvgIpc) is 3.03. The summed E-state index contributed by atoms with van der Waals surface area (Å²) in [6, 6.07) is 9.61. The summed E-state index contributed by atoms with van der Waals surface area (Å²) >= 11 is 0. The molecule has 1 N–H and O–H groups in total. The first kappa shape index (κ1) is 16.0. The van der Waals surface area contributed by atoms with Gasteiger partial charge in [-0.3, -0.25) is 9.48 Å². The molecule has 0 saturated carbocycles. The van der Waals surface area contributed by atoms with Crippen LogP contribution in [0.2, 0.25) is 0 Å². The highest BCUT2D eigenvalue weighted by molar-refractivity contribution is 5.96. The van der Waals surface area contributed by atoms with Crippen molar-refractivity contribution in [1.82, 2.24) is 14.9 Å². The van der Waals surface area contributed by atoms with Crippen molar-refractivity contribution >= 4 is 11.6 Å². The lowest BCUT2D eigenvalue weighted by atomic mass is 10.1. The second-order valence-electron chi connectivity index (χ2n) is 5.84. The molecule has 0 spiro atoms. The SMILES string of the molecule is Cc1nn(C)c(C)c1CC(=O)Nc1c(C)noc1-c1ccccc1. The summed E-state index contributed by atoms with van der Waals surface area (Å²) in [6.45, 7) is 5.68. The lowest BCUT2D eigenvalue weighted by Crippen LogP contribution is -2.16. The Balaban J connectivity index is 1.84. The highest BCUT2D eigenvalue weighted by atomic mass is 16.5. The van der Waals surface area contributed by atoms with Crippen LogP contribution in [-0.2, 0) is 18.3 Å². The van der Waals surface area contributed by atoms with E-state index >= 15 is 0 Å². The molecule has 0 aliphatic heterocycles. The fraction of sp³-hybridized carbons (Fsp3) is 0.278. The number of aryl methyl sites for hydroxylation is 3. The molecule has 0 aliphatic rings. The van der Waals surface area contributed by atoms with E-state index in [0.29, 0.717) is 17.1 Å². The van der Waals surface area contributed by atoms with Gasteiger partial charge in [-0.1, -0.05) is 35.5 Å². The number of amides is 1. The van der Waals surface area contributed by atoms with Crippen LogP contribution in [0.3, 0.4) is 0 Å². The summed E-state index contributed by atoms with van der Waals surface area (Å²) < 4.78 is 7.19. The van der Waals surface area contributed by atoms with Gasteiger partial charge in [0.1, 0.15) is 11.4 Å². The molecule has 0 aliphatic carbocycles. The Morgan fingerprint density at radius 3 is 2.50 bits per heavy atom. The zero-order valence-electron chi connectivity index (χ0n) is 14.3. The molecule has 0 atom stereocenters. The molecule has 0 bridgehead atoms. The number of hydrogen-bond acceptors (Lipinski definition) is 4. The van der Waals surface area contributed by atoms with E-state index in [2.05, 4.69) is 15.6 Å². The molecule has 0 saturated heterocycles. The van der Waals surface area contributed by atoms with Gasteiger partial charge in [0.2, 0.25) is 5.91 Å². The molecule has 0 radical (unpaired) electrons. The zero-order valence-corrected chi connectivity index (χ0v) is 14.3. The Labute approximate surface area is 140 Å². The summed E-state index contributed by atoms with van der Waals surface area (Å²) in [5.74, 6) is 0.457. The van der Waals surface area contributed by atoms with Crippen molar-refractivity contribution in [3.63, 3.8) is 0 Å². The van der Waals surface area contributed by atoms with E-state index in [1.807, 2.05) is 58.2 Å². The van der Waals surface area contributed by atoms with Gasteiger partial charge in [-0.15, -0.1) is 0 Å². The molecule has 24 heavy (non-hydrogen) atoms. The van der Waals surface area contributed by atoms with E-state index in [-0.39, 0.29) is 12.3 Å². The van der Waals surface area contributed by atoms with E-state index in [1.54, 1.807) is 4.68 Å². The lowest BCUT2D eigenvalue weighted by Gasteiger charge is -2.06. The Morgan fingerprint density at radius 1 is 1.17 bits per heavy atom. The third kappa shape index (κ3) is 2.95. The molecular weight excluding hydrogens is 304 g/mol. The topological polar surface area (TPSA) is 73.0 Å². The molecule has 6 heteroatoms. The van der Waals surface area contributed by atoms with Crippen LogP contribution in [0.1, 0.15) is 22.6 Å². The highest BCUT2D eigenvalue weighted by Gasteiger charge is 2.19. The van der Waals surface area contributed by atoms with Crippen molar-refractivity contribution in [2.75, 3.05) is 5.32 Å². The summed E-state index contributed by atoms with van der Waals surface area (Å²) in [6.07, 6.45) is 0.268. The number of hydrogen-bond donors (Lipinski definition) is 1. The Morgan fingerprint density at radius 2 is 1.88 bits per heavy atom. The van der Waals surface area contributed by atoms with Gasteiger partial charge in [-0.25, -0.2) is 0 Å². The average molecular weight is 324 g/mol. The first-order chi connectivity index (χ1) is 11.5. The number of rotatable bonds is 4. The lowest BCUT2D eigenvalue weighted by molar-refractivity contribution is -0.115. The molecular formula is C18H20N4O2.